The quantitative estimate of drug-likeness (QED) is 0.490. The summed E-state index contributed by atoms with van der Waals surface area (Å²) in [6.45, 7) is 2.18. The van der Waals surface area contributed by atoms with Crippen molar-refractivity contribution in [3.8, 4) is 11.8 Å². The van der Waals surface area contributed by atoms with Gasteiger partial charge < -0.3 is 9.30 Å². The molecule has 3 aromatic heterocycles. The van der Waals surface area contributed by atoms with Crippen molar-refractivity contribution < 1.29 is 4.74 Å². The Morgan fingerprint density at radius 3 is 2.79 bits per heavy atom. The summed E-state index contributed by atoms with van der Waals surface area (Å²) in [7, 11) is 0. The lowest BCUT2D eigenvalue weighted by Gasteiger charge is -2.16. The topological polar surface area (TPSA) is 72.8 Å². The summed E-state index contributed by atoms with van der Waals surface area (Å²) < 4.78 is 8.06. The van der Waals surface area contributed by atoms with E-state index in [1.807, 2.05) is 24.3 Å². The zero-order valence-electron chi connectivity index (χ0n) is 15.7. The molecular weight excluding hydrogens is 364 g/mol. The highest BCUT2D eigenvalue weighted by atomic mass is 16.5. The standard InChI is InChI=1S/C23H18N4O2/c1-15(16-5-3-2-4-6-16)27-12-10-17-13-18(7-8-21(17)27)29-23-25-20-14-24-11-9-19(20)22(28)26-23/h2-15H,1H3,(H,25,26,28). The van der Waals surface area contributed by atoms with Crippen LogP contribution in [-0.2, 0) is 0 Å². The summed E-state index contributed by atoms with van der Waals surface area (Å²) in [6.07, 6.45) is 5.19. The molecule has 1 N–H and O–H groups in total. The molecule has 0 radical (unpaired) electrons. The van der Waals surface area contributed by atoms with Crippen molar-refractivity contribution in [1.29, 1.82) is 0 Å². The largest absolute Gasteiger partial charge is 0.426 e. The maximum Gasteiger partial charge on any atom is 0.302 e. The van der Waals surface area contributed by atoms with Crippen LogP contribution in [0.25, 0.3) is 21.8 Å². The van der Waals surface area contributed by atoms with E-state index in [4.69, 9.17) is 4.74 Å². The number of benzene rings is 2. The summed E-state index contributed by atoms with van der Waals surface area (Å²) in [6, 6.07) is 20.3. The summed E-state index contributed by atoms with van der Waals surface area (Å²) in [5, 5.41) is 1.53. The highest BCUT2D eigenvalue weighted by Crippen LogP contribution is 2.29. The van der Waals surface area contributed by atoms with E-state index in [1.54, 1.807) is 18.5 Å². The van der Waals surface area contributed by atoms with Crippen molar-refractivity contribution in [3.05, 3.63) is 95.2 Å². The molecule has 3 heterocycles. The smallest absolute Gasteiger partial charge is 0.302 e. The van der Waals surface area contributed by atoms with Crippen molar-refractivity contribution >= 4 is 21.8 Å². The summed E-state index contributed by atoms with van der Waals surface area (Å²) in [5.41, 5.74) is 2.60. The maximum absolute atomic E-state index is 12.2. The number of nitrogens with zero attached hydrogens (tertiary/aromatic N) is 3. The molecule has 0 bridgehead atoms. The van der Waals surface area contributed by atoms with E-state index in [2.05, 4.69) is 63.0 Å². The third-order valence-electron chi connectivity index (χ3n) is 5.09. The van der Waals surface area contributed by atoms with Crippen molar-refractivity contribution in [1.82, 2.24) is 19.5 Å². The highest BCUT2D eigenvalue weighted by molar-refractivity contribution is 5.82. The predicted molar refractivity (Wildman–Crippen MR) is 112 cm³/mol. The Morgan fingerprint density at radius 1 is 1.07 bits per heavy atom. The van der Waals surface area contributed by atoms with Crippen LogP contribution in [0, 0.1) is 0 Å². The number of aromatic amines is 1. The minimum atomic E-state index is -0.253. The Labute approximate surface area is 166 Å². The van der Waals surface area contributed by atoms with Crippen molar-refractivity contribution in [2.45, 2.75) is 13.0 Å². The van der Waals surface area contributed by atoms with Gasteiger partial charge in [0.2, 0.25) is 0 Å². The summed E-state index contributed by atoms with van der Waals surface area (Å²) >= 11 is 0. The number of aromatic nitrogens is 4. The molecule has 0 aliphatic rings. The second-order valence-corrected chi connectivity index (χ2v) is 6.90. The first kappa shape index (κ1) is 17.2. The van der Waals surface area contributed by atoms with Gasteiger partial charge in [0.25, 0.3) is 5.56 Å². The third-order valence-corrected chi connectivity index (χ3v) is 5.09. The van der Waals surface area contributed by atoms with Crippen LogP contribution in [-0.4, -0.2) is 19.5 Å². The average molecular weight is 382 g/mol. The zero-order valence-corrected chi connectivity index (χ0v) is 15.7. The number of nitrogens with one attached hydrogen (secondary N) is 1. The van der Waals surface area contributed by atoms with E-state index < -0.39 is 0 Å². The fourth-order valence-electron chi connectivity index (χ4n) is 3.56. The minimum Gasteiger partial charge on any atom is -0.426 e. The van der Waals surface area contributed by atoms with E-state index in [1.165, 1.54) is 5.56 Å². The van der Waals surface area contributed by atoms with E-state index in [0.717, 1.165) is 10.9 Å². The normalized spacial score (nSPS) is 12.3. The van der Waals surface area contributed by atoms with Crippen molar-refractivity contribution in [2.24, 2.45) is 0 Å². The molecule has 142 valence electrons. The van der Waals surface area contributed by atoms with E-state index in [9.17, 15) is 4.79 Å². The van der Waals surface area contributed by atoms with Crippen LogP contribution >= 0.6 is 0 Å². The molecule has 6 nitrogen and oxygen atoms in total. The number of hydrogen-bond donors (Lipinski definition) is 1. The molecule has 5 rings (SSSR count). The fraction of sp³-hybridized carbons (Fsp3) is 0.0870. The molecule has 0 saturated carbocycles. The molecule has 0 aliphatic carbocycles. The molecular formula is C23H18N4O2. The molecule has 5 aromatic rings. The summed E-state index contributed by atoms with van der Waals surface area (Å²) in [4.78, 5) is 23.2. The number of H-pyrrole nitrogens is 1. The van der Waals surface area contributed by atoms with Gasteiger partial charge >= 0.3 is 6.01 Å². The van der Waals surface area contributed by atoms with Crippen LogP contribution in [0.15, 0.2) is 84.0 Å². The van der Waals surface area contributed by atoms with Gasteiger partial charge in [0.1, 0.15) is 5.75 Å². The summed E-state index contributed by atoms with van der Waals surface area (Å²) in [5.74, 6) is 0.606. The Kier molecular flexibility index (Phi) is 4.09. The van der Waals surface area contributed by atoms with Crippen LogP contribution in [0.3, 0.4) is 0 Å². The van der Waals surface area contributed by atoms with E-state index >= 15 is 0 Å². The lowest BCUT2D eigenvalue weighted by atomic mass is 10.1. The van der Waals surface area contributed by atoms with Crippen LogP contribution in [0.2, 0.25) is 0 Å². The lowest BCUT2D eigenvalue weighted by molar-refractivity contribution is 0.443. The fourth-order valence-corrected chi connectivity index (χ4v) is 3.56. The second kappa shape index (κ2) is 6.91. The Morgan fingerprint density at radius 2 is 1.93 bits per heavy atom. The van der Waals surface area contributed by atoms with Gasteiger partial charge in [0.05, 0.1) is 23.1 Å². The molecule has 29 heavy (non-hydrogen) atoms. The maximum atomic E-state index is 12.2. The zero-order chi connectivity index (χ0) is 19.8. The number of ether oxygens (including phenoxy) is 1. The lowest BCUT2D eigenvalue weighted by Crippen LogP contribution is -2.09. The van der Waals surface area contributed by atoms with Gasteiger partial charge in [0, 0.05) is 23.3 Å². The van der Waals surface area contributed by atoms with Gasteiger partial charge in [-0.05, 0) is 42.8 Å². The average Bonchev–Trinajstić information content (AvgIpc) is 3.17. The molecule has 0 aliphatic heterocycles. The molecule has 0 fully saturated rings. The molecule has 6 heteroatoms. The van der Waals surface area contributed by atoms with Crippen molar-refractivity contribution in [3.63, 3.8) is 0 Å². The molecule has 1 atom stereocenters. The van der Waals surface area contributed by atoms with Gasteiger partial charge in [-0.3, -0.25) is 14.8 Å². The van der Waals surface area contributed by atoms with Gasteiger partial charge in [-0.2, -0.15) is 4.98 Å². The van der Waals surface area contributed by atoms with Crippen LogP contribution in [0.5, 0.6) is 11.8 Å². The minimum absolute atomic E-state index is 0.145. The molecule has 0 spiro atoms. The van der Waals surface area contributed by atoms with Gasteiger partial charge in [-0.15, -0.1) is 0 Å². The van der Waals surface area contributed by atoms with E-state index in [0.29, 0.717) is 16.7 Å². The number of rotatable bonds is 4. The van der Waals surface area contributed by atoms with E-state index in [-0.39, 0.29) is 17.6 Å². The Balaban J connectivity index is 1.48. The van der Waals surface area contributed by atoms with Gasteiger partial charge in [-0.1, -0.05) is 30.3 Å². The number of hydrogen-bond acceptors (Lipinski definition) is 4. The van der Waals surface area contributed by atoms with Crippen LogP contribution < -0.4 is 10.3 Å². The molecule has 2 aromatic carbocycles. The monoisotopic (exact) mass is 382 g/mol. The number of pyridine rings is 1. The predicted octanol–water partition coefficient (Wildman–Crippen LogP) is 4.67. The number of fused-ring (bicyclic) bond motifs is 2. The Bertz CT molecular complexity index is 1370. The SMILES string of the molecule is CC(c1ccccc1)n1ccc2cc(Oc3nc4cnccc4c(=O)[nH]3)ccc21. The first-order valence-electron chi connectivity index (χ1n) is 9.36. The second-order valence-electron chi connectivity index (χ2n) is 6.90. The first-order valence-corrected chi connectivity index (χ1v) is 9.36. The van der Waals surface area contributed by atoms with Crippen LogP contribution in [0.4, 0.5) is 0 Å². The van der Waals surface area contributed by atoms with Crippen LogP contribution in [0.1, 0.15) is 18.5 Å². The Hall–Kier alpha value is -3.93. The third kappa shape index (κ3) is 3.14. The molecule has 0 saturated heterocycles. The van der Waals surface area contributed by atoms with Gasteiger partial charge in [0.15, 0.2) is 0 Å². The molecule has 0 amide bonds. The van der Waals surface area contributed by atoms with Gasteiger partial charge in [-0.25, -0.2) is 0 Å². The molecule has 1 unspecified atom stereocenters. The van der Waals surface area contributed by atoms with Crippen molar-refractivity contribution in [2.75, 3.05) is 0 Å². The first-order chi connectivity index (χ1) is 14.2. The highest BCUT2D eigenvalue weighted by Gasteiger charge is 2.12.